The maximum Gasteiger partial charge on any atom is 0.200 e. The predicted octanol–water partition coefficient (Wildman–Crippen LogP) is 7.61. The van der Waals surface area contributed by atoms with E-state index < -0.39 is 0 Å². The van der Waals surface area contributed by atoms with Crippen molar-refractivity contribution in [2.24, 2.45) is 5.41 Å². The van der Waals surface area contributed by atoms with Crippen LogP contribution in [-0.2, 0) is 10.9 Å². The van der Waals surface area contributed by atoms with E-state index >= 15 is 0 Å². The minimum atomic E-state index is -0.183. The summed E-state index contributed by atoms with van der Waals surface area (Å²) in [6, 6.07) is 8.14. The normalized spacial score (nSPS) is 15.0. The zero-order chi connectivity index (χ0) is 19.8. The monoisotopic (exact) mass is 382 g/mol. The molecule has 0 bridgehead atoms. The smallest absolute Gasteiger partial charge is 0.200 e. The van der Waals surface area contributed by atoms with Crippen LogP contribution < -0.4 is 4.74 Å². The summed E-state index contributed by atoms with van der Waals surface area (Å²) in [6.07, 6.45) is 11.9. The molecule has 0 amide bonds. The lowest BCUT2D eigenvalue weighted by Gasteiger charge is -2.25. The number of methoxy groups -OCH3 is 1. The van der Waals surface area contributed by atoms with Crippen molar-refractivity contribution < 1.29 is 9.47 Å². The van der Waals surface area contributed by atoms with Gasteiger partial charge in [-0.2, -0.15) is 0 Å². The second-order valence-corrected chi connectivity index (χ2v) is 8.63. The molecule has 2 nitrogen and oxygen atoms in total. The van der Waals surface area contributed by atoms with Gasteiger partial charge in [0.2, 0.25) is 0 Å². The van der Waals surface area contributed by atoms with Gasteiger partial charge in [0.05, 0.1) is 0 Å². The van der Waals surface area contributed by atoms with Crippen LogP contribution in [0.3, 0.4) is 0 Å². The molecule has 0 heterocycles. The number of rotatable bonds is 5. The number of hydrogen-bond donors (Lipinski definition) is 0. The van der Waals surface area contributed by atoms with E-state index in [4.69, 9.17) is 9.47 Å². The van der Waals surface area contributed by atoms with Crippen LogP contribution in [0.15, 0.2) is 24.3 Å². The van der Waals surface area contributed by atoms with E-state index in [-0.39, 0.29) is 11.7 Å². The van der Waals surface area contributed by atoms with E-state index in [2.05, 4.69) is 56.0 Å². The average molecular weight is 383 g/mol. The van der Waals surface area contributed by atoms with Crippen LogP contribution in [0.5, 0.6) is 5.75 Å². The summed E-state index contributed by atoms with van der Waals surface area (Å²) in [5.41, 5.74) is 1.48. The minimum absolute atomic E-state index is 0.183. The predicted molar refractivity (Wildman–Crippen MR) is 119 cm³/mol. The van der Waals surface area contributed by atoms with Crippen LogP contribution in [0.4, 0.5) is 0 Å². The fourth-order valence-electron chi connectivity index (χ4n) is 2.59. The highest BCUT2D eigenvalue weighted by atomic mass is 31.0. The van der Waals surface area contributed by atoms with Crippen LogP contribution in [0, 0.1) is 5.41 Å². The Hall–Kier alpha value is -0.590. The van der Waals surface area contributed by atoms with Crippen molar-refractivity contribution in [2.75, 3.05) is 7.11 Å². The summed E-state index contributed by atoms with van der Waals surface area (Å²) in [4.78, 5) is 0. The van der Waals surface area contributed by atoms with Gasteiger partial charge in [-0.15, -0.1) is 9.24 Å². The number of hydrogen-bond acceptors (Lipinski definition) is 2. The SMILES string of the molecule is C1CCCCC1.CCC.COC(CC(C)(C)C)Oc1ccc(CP)cc1. The summed E-state index contributed by atoms with van der Waals surface area (Å²) in [5, 5.41) is 0. The molecular weight excluding hydrogens is 339 g/mol. The summed E-state index contributed by atoms with van der Waals surface area (Å²) in [7, 11) is 4.40. The number of benzene rings is 1. The fraction of sp³-hybridized carbons (Fsp3) is 0.739. The standard InChI is InChI=1S/C14H23O2P.C6H12.C3H8/c1-14(2,3)9-13(15-4)16-12-7-5-11(10-17)6-8-12;1-2-4-6-5-3-1;1-3-2/h5-8,13H,9-10,17H2,1-4H3;1-6H2;3H2,1-2H3. The Morgan fingerprint density at radius 3 is 1.65 bits per heavy atom. The Morgan fingerprint density at radius 2 is 1.35 bits per heavy atom. The lowest BCUT2D eigenvalue weighted by atomic mass is 9.92. The van der Waals surface area contributed by atoms with Crippen molar-refractivity contribution in [2.45, 2.75) is 98.4 Å². The Labute approximate surface area is 165 Å². The molecule has 0 aromatic heterocycles. The fourth-order valence-corrected chi connectivity index (χ4v) is 2.86. The van der Waals surface area contributed by atoms with E-state index in [0.717, 1.165) is 18.3 Å². The molecule has 1 aliphatic rings. The Morgan fingerprint density at radius 1 is 0.923 bits per heavy atom. The zero-order valence-corrected chi connectivity index (χ0v) is 19.3. The summed E-state index contributed by atoms with van der Waals surface area (Å²) in [5.74, 6) is 0.864. The second-order valence-electron chi connectivity index (χ2n) is 8.22. The van der Waals surface area contributed by atoms with Crippen LogP contribution in [0.2, 0.25) is 0 Å². The topological polar surface area (TPSA) is 18.5 Å². The molecule has 0 spiro atoms. The van der Waals surface area contributed by atoms with E-state index in [0.29, 0.717) is 0 Å². The van der Waals surface area contributed by atoms with Gasteiger partial charge in [-0.3, -0.25) is 0 Å². The molecule has 152 valence electrons. The van der Waals surface area contributed by atoms with Crippen LogP contribution in [0.25, 0.3) is 0 Å². The minimum Gasteiger partial charge on any atom is -0.465 e. The molecular formula is C23H43O2P. The molecule has 1 aromatic carbocycles. The van der Waals surface area contributed by atoms with Gasteiger partial charge in [0, 0.05) is 13.5 Å². The molecule has 1 aliphatic carbocycles. The highest BCUT2D eigenvalue weighted by Gasteiger charge is 2.19. The Kier molecular flexibility index (Phi) is 15.1. The van der Waals surface area contributed by atoms with Crippen molar-refractivity contribution >= 4 is 9.24 Å². The highest BCUT2D eigenvalue weighted by Crippen LogP contribution is 2.24. The van der Waals surface area contributed by atoms with Gasteiger partial charge in [-0.1, -0.05) is 91.7 Å². The van der Waals surface area contributed by atoms with E-state index in [9.17, 15) is 0 Å². The molecule has 0 N–H and O–H groups in total. The quantitative estimate of drug-likeness (QED) is 0.385. The van der Waals surface area contributed by atoms with E-state index in [1.165, 1.54) is 50.5 Å². The Balaban J connectivity index is 0.000000569. The van der Waals surface area contributed by atoms with Gasteiger partial charge >= 0.3 is 0 Å². The Bertz CT molecular complexity index is 407. The maximum atomic E-state index is 5.81. The second kappa shape index (κ2) is 15.5. The molecule has 1 aromatic rings. The molecule has 2 atom stereocenters. The van der Waals surface area contributed by atoms with Crippen molar-refractivity contribution in [3.63, 3.8) is 0 Å². The molecule has 1 fully saturated rings. The van der Waals surface area contributed by atoms with Crippen molar-refractivity contribution in [3.05, 3.63) is 29.8 Å². The first kappa shape index (κ1) is 25.4. The first-order valence-electron chi connectivity index (χ1n) is 10.3. The molecule has 3 heteroatoms. The summed E-state index contributed by atoms with van der Waals surface area (Å²) >= 11 is 0. The molecule has 2 unspecified atom stereocenters. The first-order valence-corrected chi connectivity index (χ1v) is 11.2. The van der Waals surface area contributed by atoms with Gasteiger partial charge in [0.15, 0.2) is 6.29 Å². The van der Waals surface area contributed by atoms with Crippen LogP contribution >= 0.6 is 9.24 Å². The average Bonchev–Trinajstić information content (AvgIpc) is 2.63. The molecule has 1 saturated carbocycles. The van der Waals surface area contributed by atoms with Gasteiger partial charge in [-0.05, 0) is 29.3 Å². The molecule has 0 radical (unpaired) electrons. The van der Waals surface area contributed by atoms with Gasteiger partial charge in [0.25, 0.3) is 0 Å². The summed E-state index contributed by atoms with van der Waals surface area (Å²) < 4.78 is 11.2. The first-order chi connectivity index (χ1) is 12.4. The van der Waals surface area contributed by atoms with Crippen molar-refractivity contribution in [1.82, 2.24) is 0 Å². The molecule has 0 aliphatic heterocycles. The third-order valence-electron chi connectivity index (χ3n) is 3.97. The maximum absolute atomic E-state index is 5.81. The van der Waals surface area contributed by atoms with Gasteiger partial charge in [-0.25, -0.2) is 0 Å². The molecule has 0 saturated heterocycles. The van der Waals surface area contributed by atoms with E-state index in [1.807, 2.05) is 12.1 Å². The third kappa shape index (κ3) is 14.6. The van der Waals surface area contributed by atoms with Crippen LogP contribution in [-0.4, -0.2) is 13.4 Å². The lowest BCUT2D eigenvalue weighted by molar-refractivity contribution is -0.0756. The van der Waals surface area contributed by atoms with Gasteiger partial charge < -0.3 is 9.47 Å². The molecule has 2 rings (SSSR count). The molecule has 26 heavy (non-hydrogen) atoms. The highest BCUT2D eigenvalue weighted by molar-refractivity contribution is 7.15. The van der Waals surface area contributed by atoms with Crippen molar-refractivity contribution in [3.8, 4) is 5.75 Å². The number of ether oxygens (including phenoxy) is 2. The summed E-state index contributed by atoms with van der Waals surface area (Å²) in [6.45, 7) is 10.8. The van der Waals surface area contributed by atoms with Crippen molar-refractivity contribution in [1.29, 1.82) is 0 Å². The van der Waals surface area contributed by atoms with Crippen LogP contribution in [0.1, 0.15) is 91.5 Å². The lowest BCUT2D eigenvalue weighted by Crippen LogP contribution is -2.25. The third-order valence-corrected chi connectivity index (χ3v) is 4.44. The largest absolute Gasteiger partial charge is 0.465 e. The zero-order valence-electron chi connectivity index (χ0n) is 18.1. The van der Waals surface area contributed by atoms with E-state index in [1.54, 1.807) is 7.11 Å². The van der Waals surface area contributed by atoms with Gasteiger partial charge in [0.1, 0.15) is 5.75 Å².